The van der Waals surface area contributed by atoms with Crippen molar-refractivity contribution in [2.45, 2.75) is 213 Å². The lowest BCUT2D eigenvalue weighted by Gasteiger charge is -2.19. The zero-order valence-corrected chi connectivity index (χ0v) is 38.6. The minimum absolute atomic E-state index is 0.0464. The van der Waals surface area contributed by atoms with Gasteiger partial charge in [0.05, 0.1) is 13.2 Å². The van der Waals surface area contributed by atoms with Gasteiger partial charge in [-0.25, -0.2) is 4.57 Å². The highest BCUT2D eigenvalue weighted by Crippen LogP contribution is 2.43. The van der Waals surface area contributed by atoms with E-state index in [0.717, 1.165) is 57.8 Å². The van der Waals surface area contributed by atoms with Crippen molar-refractivity contribution in [3.05, 3.63) is 60.8 Å². The maximum Gasteiger partial charge on any atom is 0.472 e. The Bertz CT molecular complexity index is 1150. The highest BCUT2D eigenvalue weighted by Gasteiger charge is 2.26. The molecule has 2 atom stereocenters. The largest absolute Gasteiger partial charge is 0.472 e. The van der Waals surface area contributed by atoms with Crippen molar-refractivity contribution >= 4 is 19.8 Å². The van der Waals surface area contributed by atoms with Crippen LogP contribution in [0.5, 0.6) is 0 Å². The molecule has 0 saturated heterocycles. The maximum absolute atomic E-state index is 12.6. The van der Waals surface area contributed by atoms with E-state index >= 15 is 0 Å². The molecule has 59 heavy (non-hydrogen) atoms. The number of phosphoric ester groups is 1. The first-order valence-corrected chi connectivity index (χ1v) is 25.3. The second-order valence-electron chi connectivity index (χ2n) is 15.6. The fourth-order valence-electron chi connectivity index (χ4n) is 6.32. The third kappa shape index (κ3) is 45.1. The standard InChI is InChI=1S/C49H88NO8P/c1-3-5-7-9-11-13-15-17-19-21-23-25-27-29-31-33-35-37-39-41-48(51)55-45-47(46-57-59(53,54)56-44-43-50)58-49(52)42-40-38-36-34-32-30-28-26-24-22-20-18-16-14-12-10-8-6-4-2/h11,13,17-20,23,25,29,31,47H,3-10,12,14-16,21-22,24,26-28,30,32-46,50H2,1-2H3,(H,53,54). The molecular formula is C49H88NO8P. The molecule has 3 N–H and O–H groups in total. The van der Waals surface area contributed by atoms with E-state index < -0.39 is 32.5 Å². The Balaban J connectivity index is 4.17. The number of unbranched alkanes of at least 4 members (excludes halogenated alkanes) is 21. The van der Waals surface area contributed by atoms with E-state index in [1.807, 2.05) is 0 Å². The molecule has 9 nitrogen and oxygen atoms in total. The molecule has 0 heterocycles. The summed E-state index contributed by atoms with van der Waals surface area (Å²) in [6, 6.07) is 0. The molecule has 0 rings (SSSR count). The maximum atomic E-state index is 12.6. The normalized spacial score (nSPS) is 13.8. The molecule has 0 bridgehead atoms. The van der Waals surface area contributed by atoms with E-state index in [0.29, 0.717) is 12.8 Å². The average molecular weight is 850 g/mol. The van der Waals surface area contributed by atoms with Crippen molar-refractivity contribution in [2.24, 2.45) is 5.73 Å². The number of ether oxygens (including phenoxy) is 2. The quantitative estimate of drug-likeness (QED) is 0.0266. The van der Waals surface area contributed by atoms with Crippen molar-refractivity contribution in [3.8, 4) is 0 Å². The minimum atomic E-state index is -4.39. The van der Waals surface area contributed by atoms with Crippen LogP contribution in [0, 0.1) is 0 Å². The number of nitrogens with two attached hydrogens (primary N) is 1. The van der Waals surface area contributed by atoms with Crippen LogP contribution in [0.2, 0.25) is 0 Å². The van der Waals surface area contributed by atoms with Crippen LogP contribution >= 0.6 is 7.82 Å². The van der Waals surface area contributed by atoms with Crippen molar-refractivity contribution < 1.29 is 37.6 Å². The molecule has 0 aromatic heterocycles. The Hall–Kier alpha value is -2.29. The van der Waals surface area contributed by atoms with Crippen molar-refractivity contribution in [1.29, 1.82) is 0 Å². The average Bonchev–Trinajstić information content (AvgIpc) is 3.22. The molecule has 0 amide bonds. The SMILES string of the molecule is CCCCCC=CCC=CCC=CCC=CCCCCCC(=O)OCC(COP(=O)(O)OCCN)OC(=O)CCCCCCCCCCCC=CCCCCCCCC. The van der Waals surface area contributed by atoms with Gasteiger partial charge in [0.2, 0.25) is 0 Å². The molecule has 0 aromatic rings. The summed E-state index contributed by atoms with van der Waals surface area (Å²) in [6.45, 7) is 3.67. The van der Waals surface area contributed by atoms with Gasteiger partial charge in [0.25, 0.3) is 0 Å². The number of esters is 2. The van der Waals surface area contributed by atoms with Gasteiger partial charge in [-0.2, -0.15) is 0 Å². The minimum Gasteiger partial charge on any atom is -0.462 e. The van der Waals surface area contributed by atoms with Gasteiger partial charge in [0.1, 0.15) is 6.61 Å². The summed E-state index contributed by atoms with van der Waals surface area (Å²) in [5, 5.41) is 0. The fourth-order valence-corrected chi connectivity index (χ4v) is 7.08. The van der Waals surface area contributed by atoms with Crippen LogP contribution in [0.25, 0.3) is 0 Å². The molecule has 0 spiro atoms. The number of allylic oxidation sites excluding steroid dienone is 10. The zero-order chi connectivity index (χ0) is 43.2. The first kappa shape index (κ1) is 56.7. The summed E-state index contributed by atoms with van der Waals surface area (Å²) < 4.78 is 32.8. The Morgan fingerprint density at radius 3 is 1.37 bits per heavy atom. The molecule has 0 aliphatic carbocycles. The number of phosphoric acid groups is 1. The van der Waals surface area contributed by atoms with Gasteiger partial charge in [-0.1, -0.05) is 171 Å². The Morgan fingerprint density at radius 1 is 0.508 bits per heavy atom. The smallest absolute Gasteiger partial charge is 0.462 e. The van der Waals surface area contributed by atoms with Crippen LogP contribution in [-0.2, 0) is 32.7 Å². The van der Waals surface area contributed by atoms with Gasteiger partial charge < -0.3 is 20.1 Å². The van der Waals surface area contributed by atoms with Crippen LogP contribution in [0.1, 0.15) is 206 Å². The van der Waals surface area contributed by atoms with Crippen molar-refractivity contribution in [1.82, 2.24) is 0 Å². The zero-order valence-electron chi connectivity index (χ0n) is 37.7. The van der Waals surface area contributed by atoms with Crippen LogP contribution in [0.3, 0.4) is 0 Å². The molecule has 0 radical (unpaired) electrons. The van der Waals surface area contributed by atoms with Crippen LogP contribution < -0.4 is 5.73 Å². The lowest BCUT2D eigenvalue weighted by atomic mass is 10.1. The summed E-state index contributed by atoms with van der Waals surface area (Å²) in [7, 11) is -4.39. The molecule has 342 valence electrons. The fraction of sp³-hybridized carbons (Fsp3) is 0.755. The molecule has 0 aromatic carbocycles. The summed E-state index contributed by atoms with van der Waals surface area (Å²) in [6.07, 6.45) is 53.9. The highest BCUT2D eigenvalue weighted by molar-refractivity contribution is 7.47. The van der Waals surface area contributed by atoms with Gasteiger partial charge in [-0.3, -0.25) is 18.6 Å². The van der Waals surface area contributed by atoms with E-state index in [1.165, 1.54) is 109 Å². The number of hydrogen-bond donors (Lipinski definition) is 2. The van der Waals surface area contributed by atoms with Crippen molar-refractivity contribution in [3.63, 3.8) is 0 Å². The van der Waals surface area contributed by atoms with E-state index in [1.54, 1.807) is 0 Å². The number of carbonyl (C=O) groups excluding carboxylic acids is 2. The molecule has 0 aliphatic heterocycles. The van der Waals surface area contributed by atoms with Gasteiger partial charge in [0.15, 0.2) is 6.10 Å². The molecule has 2 unspecified atom stereocenters. The molecule has 0 fully saturated rings. The number of hydrogen-bond acceptors (Lipinski definition) is 8. The van der Waals surface area contributed by atoms with E-state index in [9.17, 15) is 19.0 Å². The van der Waals surface area contributed by atoms with Gasteiger partial charge in [-0.15, -0.1) is 0 Å². The predicted molar refractivity (Wildman–Crippen MR) is 247 cm³/mol. The van der Waals surface area contributed by atoms with Crippen molar-refractivity contribution in [2.75, 3.05) is 26.4 Å². The Kier molecular flexibility index (Phi) is 43.5. The van der Waals surface area contributed by atoms with Crippen LogP contribution in [-0.4, -0.2) is 49.3 Å². The lowest BCUT2D eigenvalue weighted by Crippen LogP contribution is -2.29. The third-order valence-electron chi connectivity index (χ3n) is 9.88. The third-order valence-corrected chi connectivity index (χ3v) is 10.9. The van der Waals surface area contributed by atoms with E-state index in [4.69, 9.17) is 24.3 Å². The lowest BCUT2D eigenvalue weighted by molar-refractivity contribution is -0.161. The predicted octanol–water partition coefficient (Wildman–Crippen LogP) is 14.1. The number of rotatable bonds is 44. The van der Waals surface area contributed by atoms with E-state index in [2.05, 4.69) is 74.6 Å². The van der Waals surface area contributed by atoms with Crippen LogP contribution in [0.4, 0.5) is 0 Å². The molecule has 10 heteroatoms. The van der Waals surface area contributed by atoms with Gasteiger partial charge in [0, 0.05) is 19.4 Å². The van der Waals surface area contributed by atoms with Gasteiger partial charge in [-0.05, 0) is 83.5 Å². The Morgan fingerprint density at radius 2 is 0.881 bits per heavy atom. The summed E-state index contributed by atoms with van der Waals surface area (Å²) in [5.74, 6) is -0.867. The molecule has 0 aliphatic rings. The first-order chi connectivity index (χ1) is 28.8. The Labute approximate surface area is 361 Å². The number of carbonyl (C=O) groups is 2. The summed E-state index contributed by atoms with van der Waals surface area (Å²) >= 11 is 0. The summed E-state index contributed by atoms with van der Waals surface area (Å²) in [5.41, 5.74) is 5.36. The highest BCUT2D eigenvalue weighted by atomic mass is 31.2. The second kappa shape index (κ2) is 45.2. The monoisotopic (exact) mass is 850 g/mol. The second-order valence-corrected chi connectivity index (χ2v) is 17.1. The topological polar surface area (TPSA) is 134 Å². The summed E-state index contributed by atoms with van der Waals surface area (Å²) in [4.78, 5) is 35.0. The van der Waals surface area contributed by atoms with Gasteiger partial charge >= 0.3 is 19.8 Å². The van der Waals surface area contributed by atoms with E-state index in [-0.39, 0.29) is 32.6 Å². The molecular weight excluding hydrogens is 762 g/mol. The van der Waals surface area contributed by atoms with Crippen LogP contribution in [0.15, 0.2) is 60.8 Å². The first-order valence-electron chi connectivity index (χ1n) is 23.8. The molecule has 0 saturated carbocycles.